The molecular formula is C39H60N4O7. The molecule has 0 bridgehead atoms. The van der Waals surface area contributed by atoms with Crippen LogP contribution in [-0.4, -0.2) is 63.1 Å². The van der Waals surface area contributed by atoms with Crippen molar-refractivity contribution in [2.45, 2.75) is 122 Å². The van der Waals surface area contributed by atoms with Gasteiger partial charge in [0.25, 0.3) is 5.09 Å². The van der Waals surface area contributed by atoms with E-state index < -0.39 is 16.8 Å². The van der Waals surface area contributed by atoms with E-state index in [2.05, 4.69) is 30.3 Å². The summed E-state index contributed by atoms with van der Waals surface area (Å²) < 4.78 is 17.0. The number of likely N-dealkylation sites (N-methyl/N-ethyl adjacent to an activating group) is 1. The molecule has 0 aliphatic rings. The quantitative estimate of drug-likeness (QED) is 0.0404. The number of nitrogens with one attached hydrogen (secondary N) is 1. The fourth-order valence-corrected chi connectivity index (χ4v) is 6.27. The normalized spacial score (nSPS) is 12.8. The van der Waals surface area contributed by atoms with Gasteiger partial charge in [0.15, 0.2) is 11.5 Å². The topological polar surface area (TPSA) is 136 Å². The molecule has 11 heteroatoms. The number of ether oxygens (including phenoxy) is 3. The van der Waals surface area contributed by atoms with Crippen molar-refractivity contribution in [3.8, 4) is 23.3 Å². The molecule has 0 aliphatic heterocycles. The van der Waals surface area contributed by atoms with Crippen LogP contribution in [0, 0.1) is 21.4 Å². The molecule has 2 unspecified atom stereocenters. The largest absolute Gasteiger partial charge is 0.493 e. The van der Waals surface area contributed by atoms with Crippen molar-refractivity contribution in [1.29, 1.82) is 5.26 Å². The summed E-state index contributed by atoms with van der Waals surface area (Å²) in [5, 5.41) is 23.5. The Kier molecular flexibility index (Phi) is 20.4. The smallest absolute Gasteiger partial charge is 0.298 e. The van der Waals surface area contributed by atoms with Crippen molar-refractivity contribution in [3.63, 3.8) is 0 Å². The van der Waals surface area contributed by atoms with E-state index in [1.165, 1.54) is 58.3 Å². The standard InChI is InChI=1S/C39H60N4O7/c1-6-7-8-9-10-11-12-13-14-17-25-39(31-40,34-21-22-36(47-4)37(30-34)48-5)26-18-28-42(3)29-24-33-19-15-16-20-35(33)49-38(50-43(45)46)23-27-41-32(2)44/h15-16,19-22,30,38H,6-14,17-18,23-29H2,1-5H3,(H,41,44). The molecule has 2 atom stereocenters. The van der Waals surface area contributed by atoms with Crippen molar-refractivity contribution >= 4 is 5.91 Å². The van der Waals surface area contributed by atoms with Crippen LogP contribution < -0.4 is 19.5 Å². The zero-order chi connectivity index (χ0) is 36.6. The van der Waals surface area contributed by atoms with Crippen LogP contribution in [0.1, 0.15) is 115 Å². The molecule has 0 spiro atoms. The number of benzene rings is 2. The van der Waals surface area contributed by atoms with Crippen molar-refractivity contribution in [3.05, 3.63) is 63.7 Å². The van der Waals surface area contributed by atoms with E-state index in [0.29, 0.717) is 30.1 Å². The number of amides is 1. The summed E-state index contributed by atoms with van der Waals surface area (Å²) in [6, 6.07) is 16.0. The molecule has 1 amide bonds. The number of unbranched alkanes of at least 4 members (excludes halogenated alkanes) is 9. The zero-order valence-corrected chi connectivity index (χ0v) is 31.0. The van der Waals surface area contributed by atoms with Gasteiger partial charge in [-0.1, -0.05) is 95.4 Å². The van der Waals surface area contributed by atoms with Crippen LogP contribution in [0.5, 0.6) is 17.2 Å². The summed E-state index contributed by atoms with van der Waals surface area (Å²) in [4.78, 5) is 29.3. The fraction of sp³-hybridized carbons (Fsp3) is 0.641. The van der Waals surface area contributed by atoms with Gasteiger partial charge in [0.1, 0.15) is 5.75 Å². The first-order valence-electron chi connectivity index (χ1n) is 18.3. The van der Waals surface area contributed by atoms with E-state index in [0.717, 1.165) is 49.9 Å². The molecule has 0 radical (unpaired) electrons. The average Bonchev–Trinajstić information content (AvgIpc) is 3.10. The van der Waals surface area contributed by atoms with Crippen molar-refractivity contribution in [2.24, 2.45) is 0 Å². The molecule has 0 saturated heterocycles. The number of methoxy groups -OCH3 is 2. The van der Waals surface area contributed by atoms with Gasteiger partial charge < -0.3 is 24.4 Å². The monoisotopic (exact) mass is 696 g/mol. The molecule has 11 nitrogen and oxygen atoms in total. The second-order valence-corrected chi connectivity index (χ2v) is 13.1. The van der Waals surface area contributed by atoms with Gasteiger partial charge in [-0.2, -0.15) is 5.26 Å². The first-order chi connectivity index (χ1) is 24.2. The third kappa shape index (κ3) is 15.7. The van der Waals surface area contributed by atoms with E-state index in [-0.39, 0.29) is 18.9 Å². The lowest BCUT2D eigenvalue weighted by molar-refractivity contribution is -0.778. The highest BCUT2D eigenvalue weighted by Gasteiger charge is 2.32. The molecule has 1 N–H and O–H groups in total. The highest BCUT2D eigenvalue weighted by atomic mass is 17.0. The Hall–Kier alpha value is -4.04. The molecular weight excluding hydrogens is 636 g/mol. The van der Waals surface area contributed by atoms with Crippen molar-refractivity contribution in [2.75, 3.05) is 40.9 Å². The van der Waals surface area contributed by atoms with E-state index in [9.17, 15) is 20.2 Å². The van der Waals surface area contributed by atoms with Gasteiger partial charge in [0, 0.05) is 26.4 Å². The van der Waals surface area contributed by atoms with Gasteiger partial charge in [0.05, 0.1) is 25.7 Å². The summed E-state index contributed by atoms with van der Waals surface area (Å²) in [6.07, 6.45) is 14.4. The van der Waals surface area contributed by atoms with Gasteiger partial charge in [0.2, 0.25) is 12.2 Å². The molecule has 0 fully saturated rings. The van der Waals surface area contributed by atoms with E-state index in [1.54, 1.807) is 20.3 Å². The SMILES string of the molecule is CCCCCCCCCCCCC(C#N)(CCCN(C)CCc1ccccc1OC(CCNC(C)=O)O[N+](=O)[O-])c1ccc(OC)c(OC)c1. The summed E-state index contributed by atoms with van der Waals surface area (Å²) in [6.45, 7) is 5.33. The second kappa shape index (κ2) is 24.2. The highest BCUT2D eigenvalue weighted by Crippen LogP contribution is 2.39. The second-order valence-electron chi connectivity index (χ2n) is 13.1. The highest BCUT2D eigenvalue weighted by molar-refractivity contribution is 5.72. The lowest BCUT2D eigenvalue weighted by atomic mass is 9.74. The number of hydrogen-bond donors (Lipinski definition) is 1. The lowest BCUT2D eigenvalue weighted by Crippen LogP contribution is -2.31. The number of para-hydroxylation sites is 1. The van der Waals surface area contributed by atoms with Gasteiger partial charge in [-0.15, -0.1) is 10.1 Å². The van der Waals surface area contributed by atoms with Crippen LogP contribution >= 0.6 is 0 Å². The molecule has 2 aromatic rings. The van der Waals surface area contributed by atoms with E-state index in [1.807, 2.05) is 36.4 Å². The Morgan fingerprint density at radius 2 is 1.56 bits per heavy atom. The molecule has 2 aromatic carbocycles. The first-order valence-corrected chi connectivity index (χ1v) is 18.3. The average molecular weight is 697 g/mol. The minimum Gasteiger partial charge on any atom is -0.493 e. The van der Waals surface area contributed by atoms with E-state index in [4.69, 9.17) is 19.0 Å². The Morgan fingerprint density at radius 3 is 2.18 bits per heavy atom. The summed E-state index contributed by atoms with van der Waals surface area (Å²) in [5.41, 5.74) is 1.23. The Labute approximate surface area is 299 Å². The van der Waals surface area contributed by atoms with Gasteiger partial charge in [-0.25, -0.2) is 0 Å². The fourth-order valence-electron chi connectivity index (χ4n) is 6.27. The van der Waals surface area contributed by atoms with Crippen LogP contribution in [0.3, 0.4) is 0 Å². The minimum absolute atomic E-state index is 0.120. The third-order valence-electron chi connectivity index (χ3n) is 9.20. The Balaban J connectivity index is 2.01. The van der Waals surface area contributed by atoms with Crippen LogP contribution in [0.4, 0.5) is 0 Å². The molecule has 0 aromatic heterocycles. The predicted molar refractivity (Wildman–Crippen MR) is 196 cm³/mol. The van der Waals surface area contributed by atoms with Crippen molar-refractivity contribution < 1.29 is 28.9 Å². The lowest BCUT2D eigenvalue weighted by Gasteiger charge is -2.29. The van der Waals surface area contributed by atoms with Gasteiger partial charge in [-0.05, 0) is 68.6 Å². The minimum atomic E-state index is -1.15. The van der Waals surface area contributed by atoms with Crippen molar-refractivity contribution in [1.82, 2.24) is 10.2 Å². The molecule has 0 aliphatic carbocycles. The number of rotatable bonds is 28. The Morgan fingerprint density at radius 1 is 0.920 bits per heavy atom. The third-order valence-corrected chi connectivity index (χ3v) is 9.20. The molecule has 2 rings (SSSR count). The Bertz CT molecular complexity index is 1320. The number of nitriles is 1. The van der Waals surface area contributed by atoms with Crippen LogP contribution in [0.25, 0.3) is 0 Å². The maximum absolute atomic E-state index is 11.2. The summed E-state index contributed by atoms with van der Waals surface area (Å²) >= 11 is 0. The van der Waals surface area contributed by atoms with Crippen LogP contribution in [-0.2, 0) is 21.5 Å². The summed E-state index contributed by atoms with van der Waals surface area (Å²) in [7, 11) is 5.30. The molecule has 50 heavy (non-hydrogen) atoms. The van der Waals surface area contributed by atoms with Gasteiger partial charge in [-0.3, -0.25) is 9.63 Å². The van der Waals surface area contributed by atoms with E-state index >= 15 is 0 Å². The first kappa shape index (κ1) is 42.1. The molecule has 0 saturated carbocycles. The molecule has 278 valence electrons. The number of hydrogen-bond acceptors (Lipinski definition) is 9. The predicted octanol–water partition coefficient (Wildman–Crippen LogP) is 8.17. The number of carbonyl (C=O) groups is 1. The maximum Gasteiger partial charge on any atom is 0.298 e. The van der Waals surface area contributed by atoms with Gasteiger partial charge >= 0.3 is 0 Å². The number of carbonyl (C=O) groups excluding carboxylic acids is 1. The summed E-state index contributed by atoms with van der Waals surface area (Å²) in [5.74, 6) is 1.55. The van der Waals surface area contributed by atoms with Crippen LogP contribution in [0.2, 0.25) is 0 Å². The zero-order valence-electron chi connectivity index (χ0n) is 31.0. The van der Waals surface area contributed by atoms with Crippen LogP contribution in [0.15, 0.2) is 42.5 Å². The maximum atomic E-state index is 11.2. The molecule has 0 heterocycles. The number of nitrogens with zero attached hydrogens (tertiary/aromatic N) is 3.